The number of benzene rings is 1. The second kappa shape index (κ2) is 4.91. The lowest BCUT2D eigenvalue weighted by Crippen LogP contribution is -2.36. The number of hydrogen-bond acceptors (Lipinski definition) is 2. The van der Waals surface area contributed by atoms with E-state index in [-0.39, 0.29) is 5.24 Å². The van der Waals surface area contributed by atoms with Gasteiger partial charge in [0.15, 0.2) is 0 Å². The average Bonchev–Trinajstić information content (AvgIpc) is 2.62. The summed E-state index contributed by atoms with van der Waals surface area (Å²) in [6.07, 6.45) is 0. The van der Waals surface area contributed by atoms with Crippen LogP contribution in [0.25, 0.3) is 0 Å². The third-order valence-corrected chi connectivity index (χ3v) is 3.97. The van der Waals surface area contributed by atoms with Gasteiger partial charge in [0.05, 0.1) is 0 Å². The zero-order valence-electron chi connectivity index (χ0n) is 9.72. The van der Waals surface area contributed by atoms with Gasteiger partial charge in [0.1, 0.15) is 0 Å². The maximum Gasteiger partial charge on any atom is 0.282 e. The first-order valence-corrected chi connectivity index (χ1v) is 6.64. The molecule has 1 aliphatic heterocycles. The second-order valence-corrected chi connectivity index (χ2v) is 5.47. The van der Waals surface area contributed by atoms with Gasteiger partial charge in [-0.05, 0) is 11.5 Å². The minimum atomic E-state index is 0.225. The molecule has 1 aromatic carbocycles. The van der Waals surface area contributed by atoms with Crippen LogP contribution in [0.1, 0.15) is 19.4 Å². The number of nitrogens with zero attached hydrogens (tertiary/aromatic N) is 1. The molecule has 3 heteroatoms. The van der Waals surface area contributed by atoms with Crippen LogP contribution in [-0.2, 0) is 6.54 Å². The van der Waals surface area contributed by atoms with Crippen molar-refractivity contribution in [3.63, 3.8) is 0 Å². The monoisotopic (exact) mass is 235 g/mol. The Balaban J connectivity index is 2.10. The zero-order chi connectivity index (χ0) is 11.5. The fraction of sp³-hybridized carbons (Fsp3) is 0.462. The molecular weight excluding hydrogens is 218 g/mol. The summed E-state index contributed by atoms with van der Waals surface area (Å²) in [5, 5.41) is 0.225. The molecule has 16 heavy (non-hydrogen) atoms. The summed E-state index contributed by atoms with van der Waals surface area (Å²) < 4.78 is 0. The molecular formula is C13H17NOS. The molecule has 0 unspecified atom stereocenters. The molecule has 1 fully saturated rings. The third kappa shape index (κ3) is 2.40. The van der Waals surface area contributed by atoms with E-state index in [1.807, 2.05) is 23.1 Å². The molecule has 2 rings (SSSR count). The lowest BCUT2D eigenvalue weighted by molar-refractivity contribution is 0.190. The summed E-state index contributed by atoms with van der Waals surface area (Å²) in [5.41, 5.74) is 1.21. The number of carbonyl (C=O) groups is 1. The topological polar surface area (TPSA) is 20.3 Å². The highest BCUT2D eigenvalue weighted by atomic mass is 32.2. The quantitative estimate of drug-likeness (QED) is 0.800. The Morgan fingerprint density at radius 3 is 2.69 bits per heavy atom. The van der Waals surface area contributed by atoms with Crippen LogP contribution in [0.5, 0.6) is 0 Å². The zero-order valence-corrected chi connectivity index (χ0v) is 10.5. The summed E-state index contributed by atoms with van der Waals surface area (Å²) in [6, 6.07) is 10.6. The van der Waals surface area contributed by atoms with Crippen LogP contribution >= 0.6 is 11.8 Å². The molecule has 0 spiro atoms. The lowest BCUT2D eigenvalue weighted by Gasteiger charge is -2.26. The fourth-order valence-corrected chi connectivity index (χ4v) is 3.22. The number of hydrogen-bond donors (Lipinski definition) is 0. The molecule has 0 radical (unpaired) electrons. The molecule has 1 saturated heterocycles. The first-order chi connectivity index (χ1) is 7.68. The number of rotatable bonds is 3. The van der Waals surface area contributed by atoms with Gasteiger partial charge in [-0.15, -0.1) is 0 Å². The van der Waals surface area contributed by atoms with Crippen molar-refractivity contribution in [3.8, 4) is 0 Å². The standard InChI is InChI=1S/C13H17NOS/c1-10(2)12-9-16-13(15)14(12)8-11-6-4-3-5-7-11/h3-7,10,12H,8-9H2,1-2H3/t12-/m1/s1. The summed E-state index contributed by atoms with van der Waals surface area (Å²) in [4.78, 5) is 13.8. The summed E-state index contributed by atoms with van der Waals surface area (Å²) in [7, 11) is 0. The molecule has 1 atom stereocenters. The smallest absolute Gasteiger partial charge is 0.282 e. The normalized spacial score (nSPS) is 20.8. The van der Waals surface area contributed by atoms with Crippen LogP contribution in [0.3, 0.4) is 0 Å². The molecule has 0 aromatic heterocycles. The Kier molecular flexibility index (Phi) is 3.54. The van der Waals surface area contributed by atoms with Gasteiger partial charge in [-0.2, -0.15) is 0 Å². The number of amides is 1. The summed E-state index contributed by atoms with van der Waals surface area (Å²) in [5.74, 6) is 1.46. The Morgan fingerprint density at radius 2 is 2.06 bits per heavy atom. The Hall–Kier alpha value is -0.960. The highest BCUT2D eigenvalue weighted by Gasteiger charge is 2.33. The second-order valence-electron chi connectivity index (χ2n) is 4.50. The van der Waals surface area contributed by atoms with Crippen molar-refractivity contribution in [3.05, 3.63) is 35.9 Å². The SMILES string of the molecule is CC(C)[C@H]1CSC(=O)N1Cc1ccccc1. The summed E-state index contributed by atoms with van der Waals surface area (Å²) >= 11 is 1.45. The van der Waals surface area contributed by atoms with E-state index in [0.29, 0.717) is 12.0 Å². The summed E-state index contributed by atoms with van der Waals surface area (Å²) in [6.45, 7) is 5.11. The van der Waals surface area contributed by atoms with Gasteiger partial charge in [0.2, 0.25) is 0 Å². The van der Waals surface area contributed by atoms with Crippen LogP contribution in [-0.4, -0.2) is 21.9 Å². The van der Waals surface area contributed by atoms with Crippen molar-refractivity contribution in [2.24, 2.45) is 5.92 Å². The highest BCUT2D eigenvalue weighted by molar-refractivity contribution is 8.13. The minimum Gasteiger partial charge on any atom is -0.325 e. The number of thioether (sulfide) groups is 1. The Bertz CT molecular complexity index is 363. The molecule has 1 amide bonds. The lowest BCUT2D eigenvalue weighted by atomic mass is 10.0. The number of carbonyl (C=O) groups excluding carboxylic acids is 1. The van der Waals surface area contributed by atoms with Crippen LogP contribution < -0.4 is 0 Å². The molecule has 1 aliphatic rings. The van der Waals surface area contributed by atoms with E-state index in [2.05, 4.69) is 26.0 Å². The van der Waals surface area contributed by atoms with Gasteiger partial charge in [0.25, 0.3) is 5.24 Å². The first-order valence-electron chi connectivity index (χ1n) is 5.66. The van der Waals surface area contributed by atoms with Crippen LogP contribution in [0, 0.1) is 5.92 Å². The van der Waals surface area contributed by atoms with E-state index in [4.69, 9.17) is 0 Å². The van der Waals surface area contributed by atoms with Crippen molar-refractivity contribution in [1.82, 2.24) is 4.90 Å². The molecule has 0 N–H and O–H groups in total. The molecule has 0 saturated carbocycles. The van der Waals surface area contributed by atoms with E-state index in [9.17, 15) is 4.79 Å². The van der Waals surface area contributed by atoms with Crippen LogP contribution in [0.15, 0.2) is 30.3 Å². The molecule has 0 aliphatic carbocycles. The molecule has 0 bridgehead atoms. The predicted octanol–water partition coefficient (Wildman–Crippen LogP) is 3.38. The van der Waals surface area contributed by atoms with E-state index in [0.717, 1.165) is 12.3 Å². The van der Waals surface area contributed by atoms with E-state index < -0.39 is 0 Å². The molecule has 2 nitrogen and oxygen atoms in total. The Morgan fingerprint density at radius 1 is 1.38 bits per heavy atom. The molecule has 1 heterocycles. The average molecular weight is 235 g/mol. The maximum absolute atomic E-state index is 11.8. The van der Waals surface area contributed by atoms with Crippen LogP contribution in [0.2, 0.25) is 0 Å². The van der Waals surface area contributed by atoms with E-state index in [1.165, 1.54) is 17.3 Å². The third-order valence-electron chi connectivity index (χ3n) is 2.98. The van der Waals surface area contributed by atoms with Crippen molar-refractivity contribution in [2.75, 3.05) is 5.75 Å². The van der Waals surface area contributed by atoms with Gasteiger partial charge in [0, 0.05) is 18.3 Å². The van der Waals surface area contributed by atoms with Crippen molar-refractivity contribution in [1.29, 1.82) is 0 Å². The maximum atomic E-state index is 11.8. The van der Waals surface area contributed by atoms with Crippen molar-refractivity contribution >= 4 is 17.0 Å². The van der Waals surface area contributed by atoms with E-state index in [1.54, 1.807) is 0 Å². The largest absolute Gasteiger partial charge is 0.325 e. The molecule has 86 valence electrons. The predicted molar refractivity (Wildman–Crippen MR) is 68.5 cm³/mol. The van der Waals surface area contributed by atoms with Gasteiger partial charge < -0.3 is 4.90 Å². The fourth-order valence-electron chi connectivity index (χ4n) is 1.98. The van der Waals surface area contributed by atoms with Gasteiger partial charge in [-0.25, -0.2) is 0 Å². The molecule has 1 aromatic rings. The van der Waals surface area contributed by atoms with Crippen LogP contribution in [0.4, 0.5) is 4.79 Å². The van der Waals surface area contributed by atoms with Crippen molar-refractivity contribution < 1.29 is 4.79 Å². The van der Waals surface area contributed by atoms with Gasteiger partial charge >= 0.3 is 0 Å². The highest BCUT2D eigenvalue weighted by Crippen LogP contribution is 2.29. The van der Waals surface area contributed by atoms with Crippen molar-refractivity contribution in [2.45, 2.75) is 26.4 Å². The minimum absolute atomic E-state index is 0.225. The van der Waals surface area contributed by atoms with Gasteiger partial charge in [-0.1, -0.05) is 55.9 Å². The first kappa shape index (κ1) is 11.5. The Labute approximate surface area is 101 Å². The van der Waals surface area contributed by atoms with E-state index >= 15 is 0 Å². The van der Waals surface area contributed by atoms with Gasteiger partial charge in [-0.3, -0.25) is 4.79 Å².